The van der Waals surface area contributed by atoms with Crippen LogP contribution in [0.4, 0.5) is 0 Å². The van der Waals surface area contributed by atoms with Gasteiger partial charge in [-0.2, -0.15) is 4.37 Å². The predicted molar refractivity (Wildman–Crippen MR) is 120 cm³/mol. The second-order valence-electron chi connectivity index (χ2n) is 8.73. The highest BCUT2D eigenvalue weighted by atomic mass is 32.1. The highest BCUT2D eigenvalue weighted by Gasteiger charge is 2.38. The summed E-state index contributed by atoms with van der Waals surface area (Å²) in [5.74, 6) is 0.638. The summed E-state index contributed by atoms with van der Waals surface area (Å²) in [5.41, 5.74) is 5.98. The number of hydrogen-bond acceptors (Lipinski definition) is 6. The molecule has 2 heterocycles. The molecule has 0 fully saturated rings. The third-order valence-corrected chi connectivity index (χ3v) is 6.87. The van der Waals surface area contributed by atoms with Crippen LogP contribution < -0.4 is 10.5 Å². The molecule has 0 bridgehead atoms. The van der Waals surface area contributed by atoms with Crippen LogP contribution in [0.15, 0.2) is 6.08 Å². The van der Waals surface area contributed by atoms with Gasteiger partial charge in [-0.3, -0.25) is 4.48 Å². The minimum absolute atomic E-state index is 0.210. The second kappa shape index (κ2) is 11.8. The summed E-state index contributed by atoms with van der Waals surface area (Å²) in [4.78, 5) is 12.5. The van der Waals surface area contributed by atoms with E-state index >= 15 is 0 Å². The number of carbonyl (C=O) groups excluding carboxylic acids is 1. The molecule has 8 heteroatoms. The first kappa shape index (κ1) is 24.8. The number of ether oxygens (including phenoxy) is 2. The highest BCUT2D eigenvalue weighted by molar-refractivity contribution is 6.99. The first-order valence-electron chi connectivity index (χ1n) is 11.3. The summed E-state index contributed by atoms with van der Waals surface area (Å²) in [5, 5.41) is 0. The summed E-state index contributed by atoms with van der Waals surface area (Å²) in [6.45, 7) is 10.6. The van der Waals surface area contributed by atoms with E-state index in [1.807, 2.05) is 13.8 Å². The van der Waals surface area contributed by atoms with E-state index in [0.29, 0.717) is 17.0 Å². The smallest absolute Gasteiger partial charge is 0.369 e. The van der Waals surface area contributed by atoms with Crippen molar-refractivity contribution in [3.05, 3.63) is 11.8 Å². The Balaban J connectivity index is 2.00. The third-order valence-electron chi connectivity index (χ3n) is 6.36. The average molecular weight is 441 g/mol. The number of rotatable bonds is 12. The van der Waals surface area contributed by atoms with E-state index in [0.717, 1.165) is 43.6 Å². The van der Waals surface area contributed by atoms with Gasteiger partial charge in [-0.05, 0) is 12.8 Å². The lowest BCUT2D eigenvalue weighted by Gasteiger charge is -2.41. The van der Waals surface area contributed by atoms with Gasteiger partial charge in [-0.15, -0.1) is 4.37 Å². The van der Waals surface area contributed by atoms with Gasteiger partial charge in [0.1, 0.15) is 12.2 Å². The number of carbonyl (C=O) groups is 1. The molecule has 170 valence electrons. The normalized spacial score (nSPS) is 22.1. The number of esters is 1. The zero-order valence-electron chi connectivity index (χ0n) is 19.4. The first-order chi connectivity index (χ1) is 14.3. The van der Waals surface area contributed by atoms with Gasteiger partial charge in [-0.25, -0.2) is 4.79 Å². The van der Waals surface area contributed by atoms with Crippen LogP contribution in [0.5, 0.6) is 5.88 Å². The van der Waals surface area contributed by atoms with E-state index in [4.69, 9.17) is 9.47 Å². The molecular formula is C22H40N4O3S+2. The van der Waals surface area contributed by atoms with E-state index < -0.39 is 0 Å². The van der Waals surface area contributed by atoms with Crippen molar-refractivity contribution in [2.45, 2.75) is 78.5 Å². The predicted octanol–water partition coefficient (Wildman–Crippen LogP) is 3.28. The van der Waals surface area contributed by atoms with Crippen molar-refractivity contribution in [1.82, 2.24) is 8.75 Å². The number of nitrogens with zero attached hydrogens (tertiary/aromatic N) is 3. The minimum atomic E-state index is -0.334. The summed E-state index contributed by atoms with van der Waals surface area (Å²) in [6, 6.07) is -0.334. The van der Waals surface area contributed by atoms with Crippen molar-refractivity contribution in [2.75, 3.05) is 26.7 Å². The zero-order valence-corrected chi connectivity index (χ0v) is 20.2. The van der Waals surface area contributed by atoms with E-state index in [-0.39, 0.29) is 24.2 Å². The molecule has 3 N–H and O–H groups in total. The number of hydrogen-bond donors (Lipinski definition) is 1. The Morgan fingerprint density at radius 1 is 1.27 bits per heavy atom. The molecule has 4 atom stereocenters. The van der Waals surface area contributed by atoms with Crippen LogP contribution in [0.25, 0.3) is 5.57 Å². The molecular weight excluding hydrogens is 400 g/mol. The summed E-state index contributed by atoms with van der Waals surface area (Å²) in [6.07, 6.45) is 8.43. The van der Waals surface area contributed by atoms with Crippen LogP contribution in [-0.4, -0.2) is 58.2 Å². The van der Waals surface area contributed by atoms with Gasteiger partial charge < -0.3 is 15.2 Å². The van der Waals surface area contributed by atoms with Crippen LogP contribution >= 0.6 is 11.7 Å². The number of aromatic nitrogens is 2. The number of likely N-dealkylation sites (N-methyl/N-ethyl adjacent to an activating group) is 1. The molecule has 2 unspecified atom stereocenters. The van der Waals surface area contributed by atoms with Crippen molar-refractivity contribution in [2.24, 2.45) is 5.92 Å². The van der Waals surface area contributed by atoms with Crippen LogP contribution in [0.2, 0.25) is 0 Å². The Bertz CT molecular complexity index is 708. The van der Waals surface area contributed by atoms with Crippen molar-refractivity contribution < 1.29 is 24.5 Å². The third kappa shape index (κ3) is 6.49. The lowest BCUT2D eigenvalue weighted by atomic mass is 10.0. The largest absolute Gasteiger partial charge is 0.475 e. The molecule has 1 aromatic rings. The molecule has 1 aliphatic heterocycles. The second-order valence-corrected chi connectivity index (χ2v) is 9.26. The lowest BCUT2D eigenvalue weighted by Crippen LogP contribution is -2.69. The van der Waals surface area contributed by atoms with Gasteiger partial charge in [0.15, 0.2) is 6.04 Å². The standard InChI is InChI=1S/C22H39N4O3S/c1-6-8-9-10-14-28-21-20(24-30-25-21)18-12-11-13-26(5,15-18)17(4)29-22(27)19(23)16(3)7-2/h12,16-17,19H,6-11,13-15,23H2,1-5H3/q+1/p+1/t16-,17?,19-,26?/m0/s1. The molecule has 0 saturated heterocycles. The molecule has 0 radical (unpaired) electrons. The Morgan fingerprint density at radius 2 is 2.03 bits per heavy atom. The Kier molecular flexibility index (Phi) is 9.71. The molecule has 1 aromatic heterocycles. The van der Waals surface area contributed by atoms with Crippen molar-refractivity contribution in [3.63, 3.8) is 0 Å². The molecule has 0 amide bonds. The van der Waals surface area contributed by atoms with Crippen LogP contribution in [0.3, 0.4) is 0 Å². The Labute approximate surface area is 185 Å². The molecule has 0 aliphatic carbocycles. The summed E-state index contributed by atoms with van der Waals surface area (Å²) < 4.78 is 21.3. The monoisotopic (exact) mass is 440 g/mol. The van der Waals surface area contributed by atoms with Gasteiger partial charge in [-0.1, -0.05) is 46.1 Å². The zero-order chi connectivity index (χ0) is 22.1. The number of quaternary nitrogens is 2. The summed E-state index contributed by atoms with van der Waals surface area (Å²) >= 11 is 1.19. The molecule has 0 saturated carbocycles. The molecule has 0 aromatic carbocycles. The quantitative estimate of drug-likeness (QED) is 0.306. The van der Waals surface area contributed by atoms with E-state index in [1.165, 1.54) is 31.0 Å². The minimum Gasteiger partial charge on any atom is -0.475 e. The van der Waals surface area contributed by atoms with Crippen molar-refractivity contribution in [3.8, 4) is 5.88 Å². The molecule has 1 aliphatic rings. The maximum absolute atomic E-state index is 12.5. The Morgan fingerprint density at radius 3 is 2.73 bits per heavy atom. The van der Waals surface area contributed by atoms with Crippen molar-refractivity contribution in [1.29, 1.82) is 0 Å². The molecule has 2 rings (SSSR count). The highest BCUT2D eigenvalue weighted by Crippen LogP contribution is 2.31. The van der Waals surface area contributed by atoms with E-state index in [1.54, 1.807) is 0 Å². The lowest BCUT2D eigenvalue weighted by molar-refractivity contribution is -0.944. The maximum atomic E-state index is 12.5. The van der Waals surface area contributed by atoms with Crippen molar-refractivity contribution >= 4 is 23.3 Å². The van der Waals surface area contributed by atoms with Gasteiger partial charge in [0.05, 0.1) is 31.9 Å². The molecule has 7 nitrogen and oxygen atoms in total. The average Bonchev–Trinajstić information content (AvgIpc) is 3.21. The fourth-order valence-corrected chi connectivity index (χ4v) is 4.15. The SMILES string of the molecule is CCCCCCOc1nsnc1C1=CCC[N+](C)(C(C)OC(=O)[C@@H]([NH3+])[C@@H](C)CC)C1. The van der Waals surface area contributed by atoms with Gasteiger partial charge in [0, 0.05) is 24.8 Å². The van der Waals surface area contributed by atoms with Gasteiger partial charge in [0.2, 0.25) is 6.23 Å². The topological polar surface area (TPSA) is 89.0 Å². The fraction of sp³-hybridized carbons (Fsp3) is 0.773. The van der Waals surface area contributed by atoms with Gasteiger partial charge in [0.25, 0.3) is 5.88 Å². The molecule has 30 heavy (non-hydrogen) atoms. The van der Waals surface area contributed by atoms with Crippen LogP contribution in [-0.2, 0) is 9.53 Å². The van der Waals surface area contributed by atoms with E-state index in [2.05, 4.69) is 41.5 Å². The Hall–Kier alpha value is -1.51. The van der Waals surface area contributed by atoms with Gasteiger partial charge >= 0.3 is 5.97 Å². The number of unbranched alkanes of at least 4 members (excludes halogenated alkanes) is 3. The summed E-state index contributed by atoms with van der Waals surface area (Å²) in [7, 11) is 2.14. The molecule has 0 spiro atoms. The fourth-order valence-electron chi connectivity index (χ4n) is 3.62. The van der Waals surface area contributed by atoms with Crippen LogP contribution in [0.1, 0.15) is 71.9 Å². The van der Waals surface area contributed by atoms with E-state index in [9.17, 15) is 4.79 Å². The maximum Gasteiger partial charge on any atom is 0.369 e. The first-order valence-corrected chi connectivity index (χ1v) is 12.1. The van der Waals surface area contributed by atoms with Crippen LogP contribution in [0, 0.1) is 5.92 Å².